The topological polar surface area (TPSA) is 57.6 Å². The normalized spacial score (nSPS) is 36.4. The maximum atomic E-state index is 12.3. The molecule has 0 radical (unpaired) electrons. The molecule has 0 aromatic heterocycles. The highest BCUT2D eigenvalue weighted by Gasteiger charge is 2.66. The summed E-state index contributed by atoms with van der Waals surface area (Å²) >= 11 is 0. The summed E-state index contributed by atoms with van der Waals surface area (Å²) < 4.78 is 36.8. The standard InChI is InChI=1S/C10H12F3NO3/c1-8(7(16)17)4-9(5-8)2-3-14(9)6(15)10(11,12)13/h2-5H2,1H3,(H,16,17). The lowest BCUT2D eigenvalue weighted by Crippen LogP contribution is -2.73. The van der Waals surface area contributed by atoms with Gasteiger partial charge in [-0.2, -0.15) is 13.2 Å². The first-order valence-corrected chi connectivity index (χ1v) is 5.23. The van der Waals surface area contributed by atoms with Gasteiger partial charge in [-0.1, -0.05) is 0 Å². The Labute approximate surface area is 95.4 Å². The number of carboxylic acids is 1. The van der Waals surface area contributed by atoms with Crippen molar-refractivity contribution in [2.24, 2.45) is 5.41 Å². The molecule has 2 fully saturated rings. The Morgan fingerprint density at radius 3 is 2.12 bits per heavy atom. The summed E-state index contributed by atoms with van der Waals surface area (Å²) in [4.78, 5) is 22.7. The van der Waals surface area contributed by atoms with Crippen molar-refractivity contribution >= 4 is 11.9 Å². The Bertz CT molecular complexity index is 385. The third kappa shape index (κ3) is 1.59. The van der Waals surface area contributed by atoms with E-state index in [1.54, 1.807) is 0 Å². The average molecular weight is 251 g/mol. The third-order valence-corrected chi connectivity index (χ3v) is 3.82. The second-order valence-corrected chi connectivity index (χ2v) is 5.15. The molecule has 1 aliphatic heterocycles. The number of alkyl halides is 3. The van der Waals surface area contributed by atoms with E-state index in [4.69, 9.17) is 5.11 Å². The van der Waals surface area contributed by atoms with E-state index in [1.165, 1.54) is 6.92 Å². The Morgan fingerprint density at radius 2 is 1.82 bits per heavy atom. The zero-order valence-electron chi connectivity index (χ0n) is 9.17. The highest BCUT2D eigenvalue weighted by atomic mass is 19.4. The summed E-state index contributed by atoms with van der Waals surface area (Å²) in [7, 11) is 0. The first-order chi connectivity index (χ1) is 7.61. The molecule has 96 valence electrons. The number of hydrogen-bond donors (Lipinski definition) is 1. The number of halogens is 3. The summed E-state index contributed by atoms with van der Waals surface area (Å²) in [5.74, 6) is -2.87. The SMILES string of the molecule is CC1(C(=O)O)CC2(CCN2C(=O)C(F)(F)F)C1. The first-order valence-electron chi connectivity index (χ1n) is 5.23. The van der Waals surface area contributed by atoms with Gasteiger partial charge in [0.1, 0.15) is 0 Å². The van der Waals surface area contributed by atoms with Gasteiger partial charge in [-0.05, 0) is 26.2 Å². The lowest BCUT2D eigenvalue weighted by atomic mass is 9.53. The van der Waals surface area contributed by atoms with Crippen molar-refractivity contribution in [2.75, 3.05) is 6.54 Å². The Hall–Kier alpha value is -1.27. The molecular weight excluding hydrogens is 239 g/mol. The summed E-state index contributed by atoms with van der Waals surface area (Å²) in [6.45, 7) is 1.56. The molecule has 7 heteroatoms. The number of carboxylic acid groups (broad SMARTS) is 1. The van der Waals surface area contributed by atoms with Crippen LogP contribution in [0.3, 0.4) is 0 Å². The van der Waals surface area contributed by atoms with Gasteiger partial charge in [0.05, 0.1) is 5.41 Å². The van der Waals surface area contributed by atoms with Gasteiger partial charge in [-0.15, -0.1) is 0 Å². The largest absolute Gasteiger partial charge is 0.481 e. The predicted molar refractivity (Wildman–Crippen MR) is 50.1 cm³/mol. The number of hydrogen-bond acceptors (Lipinski definition) is 2. The summed E-state index contributed by atoms with van der Waals surface area (Å²) in [6.07, 6.45) is -4.20. The minimum atomic E-state index is -4.87. The zero-order valence-corrected chi connectivity index (χ0v) is 9.17. The van der Waals surface area contributed by atoms with Gasteiger partial charge in [0.2, 0.25) is 0 Å². The number of aliphatic carboxylic acids is 1. The number of rotatable bonds is 1. The molecule has 17 heavy (non-hydrogen) atoms. The number of likely N-dealkylation sites (tertiary alicyclic amines) is 1. The fraction of sp³-hybridized carbons (Fsp3) is 0.800. The van der Waals surface area contributed by atoms with Crippen LogP contribution in [0.15, 0.2) is 0 Å². The third-order valence-electron chi connectivity index (χ3n) is 3.82. The molecular formula is C10H12F3NO3. The van der Waals surface area contributed by atoms with Crippen LogP contribution in [-0.4, -0.2) is 40.1 Å². The van der Waals surface area contributed by atoms with E-state index in [0.29, 0.717) is 6.42 Å². The predicted octanol–water partition coefficient (Wildman–Crippen LogP) is 1.40. The van der Waals surface area contributed by atoms with Gasteiger partial charge in [0, 0.05) is 12.1 Å². The number of nitrogens with zero attached hydrogens (tertiary/aromatic N) is 1. The molecule has 1 saturated carbocycles. The second kappa shape index (κ2) is 3.14. The van der Waals surface area contributed by atoms with Crippen LogP contribution >= 0.6 is 0 Å². The van der Waals surface area contributed by atoms with Gasteiger partial charge in [-0.25, -0.2) is 0 Å². The van der Waals surface area contributed by atoms with Crippen LogP contribution in [0.25, 0.3) is 0 Å². The zero-order chi connectivity index (χ0) is 13.1. The monoisotopic (exact) mass is 251 g/mol. The van der Waals surface area contributed by atoms with E-state index < -0.39 is 29.0 Å². The molecule has 4 nitrogen and oxygen atoms in total. The maximum Gasteiger partial charge on any atom is 0.471 e. The molecule has 1 amide bonds. The van der Waals surface area contributed by atoms with Crippen LogP contribution in [0.5, 0.6) is 0 Å². The fourth-order valence-corrected chi connectivity index (χ4v) is 2.93. The summed E-state index contributed by atoms with van der Waals surface area (Å²) in [5, 5.41) is 8.90. The van der Waals surface area contributed by atoms with Gasteiger partial charge >= 0.3 is 18.1 Å². The van der Waals surface area contributed by atoms with Crippen molar-refractivity contribution in [3.63, 3.8) is 0 Å². The molecule has 2 rings (SSSR count). The fourth-order valence-electron chi connectivity index (χ4n) is 2.93. The van der Waals surface area contributed by atoms with Gasteiger partial charge in [0.15, 0.2) is 0 Å². The van der Waals surface area contributed by atoms with Crippen molar-refractivity contribution in [3.05, 3.63) is 0 Å². The molecule has 0 aromatic carbocycles. The molecule has 0 aromatic rings. The minimum Gasteiger partial charge on any atom is -0.481 e. The van der Waals surface area contributed by atoms with Crippen molar-refractivity contribution in [1.29, 1.82) is 0 Å². The van der Waals surface area contributed by atoms with Crippen LogP contribution in [0, 0.1) is 5.41 Å². The Morgan fingerprint density at radius 1 is 1.29 bits per heavy atom. The highest BCUT2D eigenvalue weighted by Crippen LogP contribution is 2.58. The Balaban J connectivity index is 2.08. The lowest BCUT2D eigenvalue weighted by molar-refractivity contribution is -0.220. The number of carbonyl (C=O) groups is 2. The van der Waals surface area contributed by atoms with E-state index in [0.717, 1.165) is 4.90 Å². The summed E-state index contributed by atoms with van der Waals surface area (Å²) in [5.41, 5.74) is -1.86. The van der Waals surface area contributed by atoms with Gasteiger partial charge in [0.25, 0.3) is 0 Å². The van der Waals surface area contributed by atoms with E-state index in [2.05, 4.69) is 0 Å². The van der Waals surface area contributed by atoms with Crippen molar-refractivity contribution in [1.82, 2.24) is 4.90 Å². The lowest BCUT2D eigenvalue weighted by Gasteiger charge is -2.64. The average Bonchev–Trinajstić information content (AvgIpc) is 2.08. The number of amides is 1. The molecule has 1 saturated heterocycles. The molecule has 0 unspecified atom stereocenters. The van der Waals surface area contributed by atoms with E-state index in [9.17, 15) is 22.8 Å². The molecule has 1 heterocycles. The van der Waals surface area contributed by atoms with Crippen LogP contribution in [0.4, 0.5) is 13.2 Å². The smallest absolute Gasteiger partial charge is 0.471 e. The molecule has 0 bridgehead atoms. The second-order valence-electron chi connectivity index (χ2n) is 5.15. The number of carbonyl (C=O) groups excluding carboxylic acids is 1. The van der Waals surface area contributed by atoms with Crippen LogP contribution in [0.2, 0.25) is 0 Å². The molecule has 1 N–H and O–H groups in total. The van der Waals surface area contributed by atoms with Crippen LogP contribution in [0.1, 0.15) is 26.2 Å². The van der Waals surface area contributed by atoms with E-state index in [-0.39, 0.29) is 19.4 Å². The molecule has 2 aliphatic rings. The Kier molecular flexibility index (Phi) is 2.25. The maximum absolute atomic E-state index is 12.3. The first kappa shape index (κ1) is 12.2. The van der Waals surface area contributed by atoms with Gasteiger partial charge in [-0.3, -0.25) is 9.59 Å². The van der Waals surface area contributed by atoms with Gasteiger partial charge < -0.3 is 10.0 Å². The highest BCUT2D eigenvalue weighted by molar-refractivity contribution is 5.85. The summed E-state index contributed by atoms with van der Waals surface area (Å²) in [6, 6.07) is 0. The van der Waals surface area contributed by atoms with E-state index in [1.807, 2.05) is 0 Å². The molecule has 0 atom stereocenters. The molecule has 1 spiro atoms. The van der Waals surface area contributed by atoms with Crippen molar-refractivity contribution in [3.8, 4) is 0 Å². The van der Waals surface area contributed by atoms with E-state index >= 15 is 0 Å². The quantitative estimate of drug-likeness (QED) is 0.766. The minimum absolute atomic E-state index is 0.0635. The van der Waals surface area contributed by atoms with Crippen molar-refractivity contribution in [2.45, 2.75) is 37.9 Å². The van der Waals surface area contributed by atoms with Crippen molar-refractivity contribution < 1.29 is 27.9 Å². The van der Waals surface area contributed by atoms with Crippen LogP contribution in [-0.2, 0) is 9.59 Å². The van der Waals surface area contributed by atoms with Crippen LogP contribution < -0.4 is 0 Å². The molecule has 1 aliphatic carbocycles.